The van der Waals surface area contributed by atoms with Crippen molar-refractivity contribution in [3.63, 3.8) is 0 Å². The molecule has 6 heteroatoms. The summed E-state index contributed by atoms with van der Waals surface area (Å²) in [4.78, 5) is 13.9. The van der Waals surface area contributed by atoms with Gasteiger partial charge in [0.2, 0.25) is 0 Å². The minimum Gasteiger partial charge on any atom is -0.406 e. The summed E-state index contributed by atoms with van der Waals surface area (Å²) < 4.78 is 40.2. The van der Waals surface area contributed by atoms with Crippen molar-refractivity contribution in [3.8, 4) is 5.75 Å². The summed E-state index contributed by atoms with van der Waals surface area (Å²) in [5.74, 6) is -0.664. The summed E-state index contributed by atoms with van der Waals surface area (Å²) in [6.07, 6.45) is -2.73. The molecule has 0 radical (unpaired) electrons. The Morgan fingerprint density at radius 1 is 1.04 bits per heavy atom. The molecule has 0 fully saturated rings. The van der Waals surface area contributed by atoms with Crippen LogP contribution in [-0.2, 0) is 6.42 Å². The Morgan fingerprint density at radius 2 is 1.62 bits per heavy atom. The highest BCUT2D eigenvalue weighted by Gasteiger charge is 2.31. The van der Waals surface area contributed by atoms with Crippen LogP contribution in [0.2, 0.25) is 0 Å². The minimum absolute atomic E-state index is 0.282. The normalized spacial score (nSPS) is 11.2. The smallest absolute Gasteiger partial charge is 0.406 e. The van der Waals surface area contributed by atoms with E-state index < -0.39 is 6.36 Å². The Labute approximate surface area is 138 Å². The van der Waals surface area contributed by atoms with Crippen molar-refractivity contribution in [1.29, 1.82) is 0 Å². The molecule has 0 saturated carbocycles. The highest BCUT2D eigenvalue weighted by atomic mass is 19.4. The van der Waals surface area contributed by atoms with Crippen molar-refractivity contribution >= 4 is 11.6 Å². The van der Waals surface area contributed by atoms with Gasteiger partial charge >= 0.3 is 6.36 Å². The Balaban J connectivity index is 2.09. The first-order valence-electron chi connectivity index (χ1n) is 7.53. The van der Waals surface area contributed by atoms with Gasteiger partial charge in [-0.25, -0.2) is 0 Å². The van der Waals surface area contributed by atoms with Gasteiger partial charge in [0.1, 0.15) is 5.75 Å². The van der Waals surface area contributed by atoms with Crippen molar-refractivity contribution in [2.24, 2.45) is 0 Å². The molecule has 128 valence electrons. The van der Waals surface area contributed by atoms with Crippen LogP contribution in [0.25, 0.3) is 0 Å². The maximum atomic E-state index is 12.4. The molecule has 1 amide bonds. The van der Waals surface area contributed by atoms with Gasteiger partial charge in [0, 0.05) is 18.3 Å². The third-order valence-electron chi connectivity index (χ3n) is 3.50. The van der Waals surface area contributed by atoms with E-state index in [1.54, 1.807) is 7.05 Å². The van der Waals surface area contributed by atoms with Gasteiger partial charge in [0.05, 0.1) is 0 Å². The van der Waals surface area contributed by atoms with Crippen molar-refractivity contribution in [2.75, 3.05) is 11.9 Å². The molecule has 3 nitrogen and oxygen atoms in total. The van der Waals surface area contributed by atoms with Crippen LogP contribution in [0.1, 0.15) is 29.3 Å². The fourth-order valence-corrected chi connectivity index (χ4v) is 2.28. The van der Waals surface area contributed by atoms with Gasteiger partial charge in [-0.2, -0.15) is 0 Å². The van der Waals surface area contributed by atoms with Gasteiger partial charge in [0.25, 0.3) is 5.91 Å². The van der Waals surface area contributed by atoms with Gasteiger partial charge in [-0.1, -0.05) is 25.5 Å². The SMILES string of the molecule is CCCc1ccc(N(C)C(=O)c2ccc(OC(F)(F)F)cc2)cc1. The number of anilines is 1. The molecule has 2 rings (SSSR count). The zero-order valence-electron chi connectivity index (χ0n) is 13.4. The number of aryl methyl sites for hydroxylation is 1. The molecule has 0 spiro atoms. The highest BCUT2D eigenvalue weighted by Crippen LogP contribution is 2.24. The van der Waals surface area contributed by atoms with E-state index in [-0.39, 0.29) is 17.2 Å². The van der Waals surface area contributed by atoms with Gasteiger partial charge < -0.3 is 9.64 Å². The van der Waals surface area contributed by atoms with Gasteiger partial charge in [-0.15, -0.1) is 13.2 Å². The quantitative estimate of drug-likeness (QED) is 0.783. The molecule has 2 aromatic rings. The highest BCUT2D eigenvalue weighted by molar-refractivity contribution is 6.05. The lowest BCUT2D eigenvalue weighted by atomic mass is 10.1. The van der Waals surface area contributed by atoms with Gasteiger partial charge in [-0.3, -0.25) is 4.79 Å². The molecule has 0 aliphatic carbocycles. The molecule has 2 aromatic carbocycles. The fraction of sp³-hybridized carbons (Fsp3) is 0.278. The second-order valence-corrected chi connectivity index (χ2v) is 5.35. The zero-order chi connectivity index (χ0) is 17.7. The fourth-order valence-electron chi connectivity index (χ4n) is 2.28. The summed E-state index contributed by atoms with van der Waals surface area (Å²) in [5, 5.41) is 0. The second-order valence-electron chi connectivity index (χ2n) is 5.35. The predicted molar refractivity (Wildman–Crippen MR) is 86.3 cm³/mol. The van der Waals surface area contributed by atoms with Crippen LogP contribution in [0.5, 0.6) is 5.75 Å². The Morgan fingerprint density at radius 3 is 2.12 bits per heavy atom. The molecule has 0 atom stereocenters. The van der Waals surface area contributed by atoms with Crippen molar-refractivity contribution in [2.45, 2.75) is 26.1 Å². The van der Waals surface area contributed by atoms with Crippen LogP contribution in [0, 0.1) is 0 Å². The van der Waals surface area contributed by atoms with Crippen molar-refractivity contribution in [3.05, 3.63) is 59.7 Å². The molecule has 0 N–H and O–H groups in total. The largest absolute Gasteiger partial charge is 0.573 e. The third-order valence-corrected chi connectivity index (χ3v) is 3.50. The Kier molecular flexibility index (Phi) is 5.49. The number of carbonyl (C=O) groups excluding carboxylic acids is 1. The second kappa shape index (κ2) is 7.38. The number of carbonyl (C=O) groups is 1. The topological polar surface area (TPSA) is 29.5 Å². The first kappa shape index (κ1) is 17.8. The molecule has 0 saturated heterocycles. The average Bonchev–Trinajstić information content (AvgIpc) is 2.54. The van der Waals surface area contributed by atoms with Crippen LogP contribution in [0.3, 0.4) is 0 Å². The van der Waals surface area contributed by atoms with Crippen LogP contribution >= 0.6 is 0 Å². The number of nitrogens with zero attached hydrogens (tertiary/aromatic N) is 1. The molecular weight excluding hydrogens is 319 g/mol. The molecule has 0 aliphatic rings. The number of hydrogen-bond donors (Lipinski definition) is 0. The summed E-state index contributed by atoms with van der Waals surface area (Å²) in [7, 11) is 1.62. The lowest BCUT2D eigenvalue weighted by Gasteiger charge is -2.18. The zero-order valence-corrected chi connectivity index (χ0v) is 13.4. The lowest BCUT2D eigenvalue weighted by Crippen LogP contribution is -2.26. The monoisotopic (exact) mass is 337 g/mol. The molecular formula is C18H18F3NO2. The van der Waals surface area contributed by atoms with Gasteiger partial charge in [-0.05, 0) is 48.4 Å². The molecule has 0 aliphatic heterocycles. The third kappa shape index (κ3) is 4.75. The number of rotatable bonds is 5. The minimum atomic E-state index is -4.75. The summed E-state index contributed by atoms with van der Waals surface area (Å²) >= 11 is 0. The number of halogens is 3. The van der Waals surface area contributed by atoms with E-state index >= 15 is 0 Å². The number of alkyl halides is 3. The van der Waals surface area contributed by atoms with Crippen LogP contribution < -0.4 is 9.64 Å². The maximum Gasteiger partial charge on any atom is 0.573 e. The lowest BCUT2D eigenvalue weighted by molar-refractivity contribution is -0.274. The summed E-state index contributed by atoms with van der Waals surface area (Å²) in [6, 6.07) is 12.5. The molecule has 24 heavy (non-hydrogen) atoms. The van der Waals surface area contributed by atoms with E-state index in [0.29, 0.717) is 0 Å². The van der Waals surface area contributed by atoms with E-state index in [9.17, 15) is 18.0 Å². The number of amides is 1. The number of ether oxygens (including phenoxy) is 1. The Hall–Kier alpha value is -2.50. The molecule has 0 aromatic heterocycles. The average molecular weight is 337 g/mol. The molecule has 0 heterocycles. The number of hydrogen-bond acceptors (Lipinski definition) is 2. The van der Waals surface area contributed by atoms with Crippen LogP contribution in [-0.4, -0.2) is 19.3 Å². The first-order valence-corrected chi connectivity index (χ1v) is 7.53. The van der Waals surface area contributed by atoms with E-state index in [4.69, 9.17) is 0 Å². The molecule has 0 bridgehead atoms. The molecule has 0 unspecified atom stereocenters. The van der Waals surface area contributed by atoms with E-state index in [1.165, 1.54) is 22.6 Å². The van der Waals surface area contributed by atoms with E-state index in [1.807, 2.05) is 24.3 Å². The number of benzene rings is 2. The predicted octanol–water partition coefficient (Wildman–Crippen LogP) is 4.81. The summed E-state index contributed by atoms with van der Waals surface area (Å²) in [5.41, 5.74) is 2.19. The van der Waals surface area contributed by atoms with Crippen molar-refractivity contribution in [1.82, 2.24) is 0 Å². The standard InChI is InChI=1S/C18H18F3NO2/c1-3-4-13-5-9-15(10-6-13)22(2)17(23)14-7-11-16(12-8-14)24-18(19,20)21/h5-12H,3-4H2,1-2H3. The van der Waals surface area contributed by atoms with Crippen molar-refractivity contribution < 1.29 is 22.7 Å². The maximum absolute atomic E-state index is 12.4. The van der Waals surface area contributed by atoms with Crippen LogP contribution in [0.4, 0.5) is 18.9 Å². The van der Waals surface area contributed by atoms with Crippen LogP contribution in [0.15, 0.2) is 48.5 Å². The van der Waals surface area contributed by atoms with E-state index in [0.717, 1.165) is 30.7 Å². The first-order chi connectivity index (χ1) is 11.3. The van der Waals surface area contributed by atoms with Gasteiger partial charge in [0.15, 0.2) is 0 Å². The summed E-state index contributed by atoms with van der Waals surface area (Å²) in [6.45, 7) is 2.09. The van der Waals surface area contributed by atoms with E-state index in [2.05, 4.69) is 11.7 Å². The Bertz CT molecular complexity index is 679.